The van der Waals surface area contributed by atoms with Crippen molar-refractivity contribution in [1.82, 2.24) is 4.98 Å². The predicted octanol–water partition coefficient (Wildman–Crippen LogP) is 3.79. The Morgan fingerprint density at radius 2 is 1.77 bits per heavy atom. The highest BCUT2D eigenvalue weighted by Crippen LogP contribution is 2.31. The lowest BCUT2D eigenvalue weighted by molar-refractivity contribution is -0.107. The van der Waals surface area contributed by atoms with E-state index in [1.165, 1.54) is 11.1 Å². The van der Waals surface area contributed by atoms with Crippen LogP contribution in [-0.4, -0.2) is 37.6 Å². The maximum Gasteiger partial charge on any atom is 0.124 e. The van der Waals surface area contributed by atoms with Crippen LogP contribution in [-0.2, 0) is 16.0 Å². The van der Waals surface area contributed by atoms with Crippen molar-refractivity contribution in [3.8, 4) is 11.1 Å². The molecule has 0 unspecified atom stereocenters. The summed E-state index contributed by atoms with van der Waals surface area (Å²) in [7, 11) is 0. The van der Waals surface area contributed by atoms with E-state index < -0.39 is 0 Å². The van der Waals surface area contributed by atoms with Crippen molar-refractivity contribution < 1.29 is 9.53 Å². The van der Waals surface area contributed by atoms with Gasteiger partial charge in [0.05, 0.1) is 18.7 Å². The van der Waals surface area contributed by atoms with Crippen LogP contribution >= 0.6 is 0 Å². The predicted molar refractivity (Wildman–Crippen MR) is 105 cm³/mol. The van der Waals surface area contributed by atoms with Gasteiger partial charge in [-0.3, -0.25) is 4.98 Å². The van der Waals surface area contributed by atoms with Crippen LogP contribution in [0.4, 0.5) is 5.69 Å². The highest BCUT2D eigenvalue weighted by molar-refractivity contribution is 5.94. The standard InChI is InChI=1S/C22H22N2O2/c1-16-14-22(24-9-12-26-13-10-24)20-7-6-19(15-21(20)23-16)18-4-2-17(3-5-18)8-11-25/h2-7,11,14-15H,8-10,12-13H2,1H3. The number of morpholine rings is 1. The van der Waals surface area contributed by atoms with Crippen LogP contribution < -0.4 is 4.90 Å². The first-order valence-corrected chi connectivity index (χ1v) is 9.01. The molecule has 0 spiro atoms. The van der Waals surface area contributed by atoms with Gasteiger partial charge in [-0.15, -0.1) is 0 Å². The third kappa shape index (κ3) is 3.33. The molecule has 1 aromatic heterocycles. The molecule has 2 heterocycles. The average Bonchev–Trinajstić information content (AvgIpc) is 2.68. The number of ether oxygens (including phenoxy) is 1. The van der Waals surface area contributed by atoms with Crippen LogP contribution in [0.2, 0.25) is 0 Å². The largest absolute Gasteiger partial charge is 0.378 e. The van der Waals surface area contributed by atoms with Crippen molar-refractivity contribution in [2.24, 2.45) is 0 Å². The minimum absolute atomic E-state index is 0.460. The van der Waals surface area contributed by atoms with E-state index >= 15 is 0 Å². The maximum atomic E-state index is 10.6. The molecule has 1 fully saturated rings. The summed E-state index contributed by atoms with van der Waals surface area (Å²) >= 11 is 0. The highest BCUT2D eigenvalue weighted by Gasteiger charge is 2.15. The van der Waals surface area contributed by atoms with E-state index in [2.05, 4.69) is 41.3 Å². The summed E-state index contributed by atoms with van der Waals surface area (Å²) in [6, 6.07) is 16.8. The number of nitrogens with zero attached hydrogens (tertiary/aromatic N) is 2. The summed E-state index contributed by atoms with van der Waals surface area (Å²) in [4.78, 5) is 17.8. The van der Waals surface area contributed by atoms with Crippen molar-refractivity contribution in [3.63, 3.8) is 0 Å². The van der Waals surface area contributed by atoms with Gasteiger partial charge < -0.3 is 14.4 Å². The minimum Gasteiger partial charge on any atom is -0.378 e. The van der Waals surface area contributed by atoms with Gasteiger partial charge in [0, 0.05) is 36.3 Å². The number of aromatic nitrogens is 1. The molecule has 26 heavy (non-hydrogen) atoms. The Morgan fingerprint density at radius 1 is 1.04 bits per heavy atom. The molecule has 1 aliphatic rings. The summed E-state index contributed by atoms with van der Waals surface area (Å²) in [6.45, 7) is 5.42. The lowest BCUT2D eigenvalue weighted by atomic mass is 10.0. The molecule has 0 N–H and O–H groups in total. The summed E-state index contributed by atoms with van der Waals surface area (Å²) in [5, 5.41) is 1.18. The van der Waals surface area contributed by atoms with Crippen LogP contribution in [0.5, 0.6) is 0 Å². The van der Waals surface area contributed by atoms with Crippen LogP contribution in [0.3, 0.4) is 0 Å². The second-order valence-corrected chi connectivity index (χ2v) is 6.68. The number of aryl methyl sites for hydroxylation is 1. The lowest BCUT2D eigenvalue weighted by Gasteiger charge is -2.30. The van der Waals surface area contributed by atoms with Crippen LogP contribution in [0.25, 0.3) is 22.0 Å². The molecule has 4 heteroatoms. The first-order valence-electron chi connectivity index (χ1n) is 9.01. The Bertz CT molecular complexity index is 929. The van der Waals surface area contributed by atoms with Crippen LogP contribution in [0, 0.1) is 6.92 Å². The number of benzene rings is 2. The first kappa shape index (κ1) is 16.7. The Labute approximate surface area is 153 Å². The van der Waals surface area contributed by atoms with Crippen LogP contribution in [0.1, 0.15) is 11.3 Å². The van der Waals surface area contributed by atoms with Crippen molar-refractivity contribution >= 4 is 22.9 Å². The molecular formula is C22H22N2O2. The van der Waals surface area contributed by atoms with Gasteiger partial charge in [-0.2, -0.15) is 0 Å². The smallest absolute Gasteiger partial charge is 0.124 e. The van der Waals surface area contributed by atoms with Crippen LogP contribution in [0.15, 0.2) is 48.5 Å². The molecule has 1 saturated heterocycles. The van der Waals surface area contributed by atoms with Gasteiger partial charge >= 0.3 is 0 Å². The van der Waals surface area contributed by atoms with Gasteiger partial charge in [0.15, 0.2) is 0 Å². The van der Waals surface area contributed by atoms with E-state index in [1.54, 1.807) is 0 Å². The zero-order valence-electron chi connectivity index (χ0n) is 14.9. The Hall–Kier alpha value is -2.72. The van der Waals surface area contributed by atoms with Crippen molar-refractivity contribution in [1.29, 1.82) is 0 Å². The molecule has 4 rings (SSSR count). The summed E-state index contributed by atoms with van der Waals surface area (Å²) < 4.78 is 5.49. The van der Waals surface area contributed by atoms with Gasteiger partial charge in [0.2, 0.25) is 0 Å². The summed E-state index contributed by atoms with van der Waals surface area (Å²) in [5.41, 5.74) is 6.59. The fourth-order valence-corrected chi connectivity index (χ4v) is 3.51. The number of hydrogen-bond acceptors (Lipinski definition) is 4. The lowest BCUT2D eigenvalue weighted by Crippen LogP contribution is -2.36. The average molecular weight is 346 g/mol. The normalized spacial score (nSPS) is 14.6. The molecule has 0 saturated carbocycles. The number of anilines is 1. The number of carbonyl (C=O) groups is 1. The highest BCUT2D eigenvalue weighted by atomic mass is 16.5. The van der Waals surface area contributed by atoms with Gasteiger partial charge in [-0.1, -0.05) is 36.4 Å². The second kappa shape index (κ2) is 7.26. The Balaban J connectivity index is 1.73. The quantitative estimate of drug-likeness (QED) is 0.674. The summed E-state index contributed by atoms with van der Waals surface area (Å²) in [5.74, 6) is 0. The van der Waals surface area contributed by atoms with E-state index in [9.17, 15) is 4.79 Å². The molecule has 132 valence electrons. The van der Waals surface area contributed by atoms with E-state index in [0.29, 0.717) is 6.42 Å². The number of hydrogen-bond donors (Lipinski definition) is 0. The molecule has 0 bridgehead atoms. The van der Waals surface area contributed by atoms with Gasteiger partial charge in [-0.05, 0) is 35.7 Å². The molecule has 0 aliphatic carbocycles. The van der Waals surface area contributed by atoms with E-state index in [1.807, 2.05) is 19.1 Å². The molecule has 1 aliphatic heterocycles. The zero-order chi connectivity index (χ0) is 17.9. The maximum absolute atomic E-state index is 10.6. The molecule has 4 nitrogen and oxygen atoms in total. The molecule has 0 radical (unpaired) electrons. The number of carbonyl (C=O) groups excluding carboxylic acids is 1. The van der Waals surface area contributed by atoms with Gasteiger partial charge in [0.25, 0.3) is 0 Å². The third-order valence-electron chi connectivity index (χ3n) is 4.87. The number of rotatable bonds is 4. The van der Waals surface area contributed by atoms with E-state index in [0.717, 1.165) is 60.5 Å². The Kier molecular flexibility index (Phi) is 4.67. The second-order valence-electron chi connectivity index (χ2n) is 6.68. The first-order chi connectivity index (χ1) is 12.7. The van der Waals surface area contributed by atoms with Crippen molar-refractivity contribution in [3.05, 3.63) is 59.8 Å². The number of fused-ring (bicyclic) bond motifs is 1. The number of pyridine rings is 1. The summed E-state index contributed by atoms with van der Waals surface area (Å²) in [6.07, 6.45) is 1.40. The topological polar surface area (TPSA) is 42.4 Å². The third-order valence-corrected chi connectivity index (χ3v) is 4.87. The van der Waals surface area contributed by atoms with Gasteiger partial charge in [0.1, 0.15) is 6.29 Å². The van der Waals surface area contributed by atoms with E-state index in [-0.39, 0.29) is 0 Å². The molecule has 0 amide bonds. The molecule has 0 atom stereocenters. The Morgan fingerprint density at radius 3 is 2.50 bits per heavy atom. The molecular weight excluding hydrogens is 324 g/mol. The SMILES string of the molecule is Cc1cc(N2CCOCC2)c2ccc(-c3ccc(CC=O)cc3)cc2n1. The zero-order valence-corrected chi connectivity index (χ0v) is 14.9. The molecule has 3 aromatic rings. The van der Waals surface area contributed by atoms with Crippen molar-refractivity contribution in [2.45, 2.75) is 13.3 Å². The fraction of sp³-hybridized carbons (Fsp3) is 0.273. The monoisotopic (exact) mass is 346 g/mol. The van der Waals surface area contributed by atoms with Crippen molar-refractivity contribution in [2.75, 3.05) is 31.2 Å². The van der Waals surface area contributed by atoms with Gasteiger partial charge in [-0.25, -0.2) is 0 Å². The van der Waals surface area contributed by atoms with E-state index in [4.69, 9.17) is 9.72 Å². The fourth-order valence-electron chi connectivity index (χ4n) is 3.51. The minimum atomic E-state index is 0.460. The number of aldehydes is 1. The molecule has 2 aromatic carbocycles.